The minimum absolute atomic E-state index is 0.0131. The number of carbonyl (C=O) groups is 1. The van der Waals surface area contributed by atoms with Gasteiger partial charge in [-0.2, -0.15) is 0 Å². The smallest absolute Gasteiger partial charge is 0.423 e. The van der Waals surface area contributed by atoms with Gasteiger partial charge in [-0.25, -0.2) is 9.28 Å². The fourth-order valence-electron chi connectivity index (χ4n) is 1.71. The Labute approximate surface area is 102 Å². The molecule has 0 radical (unpaired) electrons. The first-order valence-corrected chi connectivity index (χ1v) is 5.52. The molecule has 1 amide bonds. The van der Waals surface area contributed by atoms with Crippen molar-refractivity contribution in [2.45, 2.75) is 26.3 Å². The second kappa shape index (κ2) is 4.60. The van der Waals surface area contributed by atoms with E-state index in [0.717, 1.165) is 6.41 Å². The number of hydrogen-bond donors (Lipinski definition) is 2. The summed E-state index contributed by atoms with van der Waals surface area (Å²) >= 11 is 0. The van der Waals surface area contributed by atoms with Crippen LogP contribution in [-0.4, -0.2) is 36.2 Å². The van der Waals surface area contributed by atoms with Gasteiger partial charge in [0.2, 0.25) is 0 Å². The van der Waals surface area contributed by atoms with Gasteiger partial charge in [-0.05, 0) is 26.8 Å². The van der Waals surface area contributed by atoms with Crippen molar-refractivity contribution >= 4 is 24.7 Å². The van der Waals surface area contributed by atoms with E-state index in [1.54, 1.807) is 31.3 Å². The molecule has 0 aliphatic carbocycles. The van der Waals surface area contributed by atoms with Crippen LogP contribution in [0.1, 0.15) is 20.8 Å². The molecule has 0 saturated carbocycles. The van der Waals surface area contributed by atoms with Crippen LogP contribution in [0.25, 0.3) is 0 Å². The van der Waals surface area contributed by atoms with Crippen LogP contribution in [0.2, 0.25) is 0 Å². The van der Waals surface area contributed by atoms with Crippen molar-refractivity contribution in [3.8, 4) is 0 Å². The summed E-state index contributed by atoms with van der Waals surface area (Å²) in [4.78, 5) is 11.5. The maximum Gasteiger partial charge on any atom is 0.494 e. The average molecular weight is 236 g/mol. The Kier molecular flexibility index (Phi) is 3.76. The number of hydrogen-bond acceptors (Lipinski definition) is 3. The molecular formula is C12H19BNO3+. The van der Waals surface area contributed by atoms with Gasteiger partial charge in [-0.1, -0.05) is 18.2 Å². The maximum atomic E-state index is 11.5. The highest BCUT2D eigenvalue weighted by Gasteiger charge is 2.41. The largest absolute Gasteiger partial charge is 0.494 e. The lowest BCUT2D eigenvalue weighted by Gasteiger charge is -2.40. The van der Waals surface area contributed by atoms with Gasteiger partial charge in [0.05, 0.1) is 7.05 Å². The van der Waals surface area contributed by atoms with Gasteiger partial charge in [0.25, 0.3) is 0 Å². The topological polar surface area (TPSA) is 57.5 Å². The normalized spacial score (nSPS) is 15.2. The third-order valence-electron chi connectivity index (χ3n) is 3.32. The van der Waals surface area contributed by atoms with Crippen molar-refractivity contribution in [2.24, 2.45) is 0 Å². The quantitative estimate of drug-likeness (QED) is 0.449. The number of nitrogens with zero attached hydrogens (tertiary/aromatic N) is 1. The number of amides is 1. The van der Waals surface area contributed by atoms with E-state index < -0.39 is 7.12 Å². The summed E-state index contributed by atoms with van der Waals surface area (Å²) in [5.41, 5.74) is 0.592. The van der Waals surface area contributed by atoms with Gasteiger partial charge in [-0.15, -0.1) is 0 Å². The third kappa shape index (κ3) is 2.41. The van der Waals surface area contributed by atoms with E-state index in [2.05, 4.69) is 0 Å². The zero-order chi connectivity index (χ0) is 13.3. The van der Waals surface area contributed by atoms with E-state index in [1.165, 1.54) is 0 Å². The summed E-state index contributed by atoms with van der Waals surface area (Å²) in [6.45, 7) is 5.80. The molecule has 4 nitrogen and oxygen atoms in total. The van der Waals surface area contributed by atoms with Crippen molar-refractivity contribution in [1.82, 2.24) is 4.48 Å². The van der Waals surface area contributed by atoms with Crippen LogP contribution in [0.15, 0.2) is 24.3 Å². The fraction of sp³-hybridized carbons (Fsp3) is 0.417. The van der Waals surface area contributed by atoms with Crippen LogP contribution in [0.5, 0.6) is 0 Å². The van der Waals surface area contributed by atoms with Crippen molar-refractivity contribution < 1.29 is 14.8 Å². The summed E-state index contributed by atoms with van der Waals surface area (Å²) in [5, 5.41) is 18.7. The number of benzene rings is 1. The molecule has 0 fully saturated rings. The molecular weight excluding hydrogens is 217 g/mol. The Bertz CT molecular complexity index is 414. The fourth-order valence-corrected chi connectivity index (χ4v) is 1.71. The molecule has 0 aliphatic heterocycles. The Balaban J connectivity index is 3.45. The summed E-state index contributed by atoms with van der Waals surface area (Å²) in [6.07, 6.45) is 0.821. The molecule has 1 aromatic carbocycles. The molecule has 0 heterocycles. The van der Waals surface area contributed by atoms with Gasteiger partial charge in [0.15, 0.2) is 0 Å². The monoisotopic (exact) mass is 236 g/mol. The van der Waals surface area contributed by atoms with Crippen LogP contribution in [-0.2, 0) is 4.79 Å². The molecule has 92 valence electrons. The highest BCUT2D eigenvalue weighted by Crippen LogP contribution is 2.27. The summed E-state index contributed by atoms with van der Waals surface area (Å²) in [7, 11) is 0.180. The summed E-state index contributed by atoms with van der Waals surface area (Å²) in [6, 6.07) is 6.86. The zero-order valence-electron chi connectivity index (χ0n) is 10.7. The number of para-hydroxylation sites is 1. The first kappa shape index (κ1) is 13.9. The van der Waals surface area contributed by atoms with Crippen molar-refractivity contribution in [3.05, 3.63) is 24.3 Å². The molecule has 0 aromatic heterocycles. The van der Waals surface area contributed by atoms with Crippen LogP contribution in [0, 0.1) is 0 Å². The molecule has 2 N–H and O–H groups in total. The predicted molar refractivity (Wildman–Crippen MR) is 69.8 cm³/mol. The molecule has 0 spiro atoms. The predicted octanol–water partition coefficient (Wildman–Crippen LogP) is 0.258. The molecule has 17 heavy (non-hydrogen) atoms. The van der Waals surface area contributed by atoms with E-state index in [4.69, 9.17) is 0 Å². The lowest BCUT2D eigenvalue weighted by atomic mass is 9.77. The Hall–Kier alpha value is -1.17. The van der Waals surface area contributed by atoms with E-state index in [0.29, 0.717) is 11.2 Å². The highest BCUT2D eigenvalue weighted by atomic mass is 16.4. The number of carbonyl (C=O) groups excluding carboxylic acids is 1. The second-order valence-corrected chi connectivity index (χ2v) is 5.28. The standard InChI is InChI=1S/C12H19BNO3/c1-12(2,3)14(4,9-15)11-8-6-5-7-10(11)13(16)17/h5-9,16-17H,1-4H3/q+1. The van der Waals surface area contributed by atoms with Crippen molar-refractivity contribution in [2.75, 3.05) is 7.05 Å². The van der Waals surface area contributed by atoms with Crippen LogP contribution in [0.4, 0.5) is 5.69 Å². The molecule has 0 saturated heterocycles. The summed E-state index contributed by atoms with van der Waals surface area (Å²) < 4.78 is -0.0131. The molecule has 0 bridgehead atoms. The second-order valence-electron chi connectivity index (χ2n) is 5.28. The molecule has 1 aromatic rings. The first-order valence-electron chi connectivity index (χ1n) is 5.52. The number of rotatable bonds is 3. The van der Waals surface area contributed by atoms with E-state index in [9.17, 15) is 14.8 Å². The lowest BCUT2D eigenvalue weighted by Crippen LogP contribution is -2.60. The van der Waals surface area contributed by atoms with Crippen molar-refractivity contribution in [3.63, 3.8) is 0 Å². The third-order valence-corrected chi connectivity index (χ3v) is 3.32. The first-order chi connectivity index (χ1) is 7.74. The molecule has 1 unspecified atom stereocenters. The molecule has 0 aliphatic rings. The minimum Gasteiger partial charge on any atom is -0.423 e. The van der Waals surface area contributed by atoms with Crippen LogP contribution < -0.4 is 9.95 Å². The summed E-state index contributed by atoms with van der Waals surface area (Å²) in [5.74, 6) is 0. The lowest BCUT2D eigenvalue weighted by molar-refractivity contribution is -0.119. The minimum atomic E-state index is -1.58. The highest BCUT2D eigenvalue weighted by molar-refractivity contribution is 6.60. The maximum absolute atomic E-state index is 11.5. The number of quaternary nitrogens is 1. The van der Waals surface area contributed by atoms with Gasteiger partial charge in [0, 0.05) is 5.46 Å². The van der Waals surface area contributed by atoms with Gasteiger partial charge < -0.3 is 10.0 Å². The molecule has 1 atom stereocenters. The zero-order valence-corrected chi connectivity index (χ0v) is 10.7. The van der Waals surface area contributed by atoms with Gasteiger partial charge >= 0.3 is 13.5 Å². The SMILES string of the molecule is CC(C)(C)[N+](C)(C=O)c1ccccc1B(O)O. The van der Waals surface area contributed by atoms with Gasteiger partial charge in [-0.3, -0.25) is 0 Å². The van der Waals surface area contributed by atoms with Gasteiger partial charge in [0.1, 0.15) is 11.2 Å². The van der Waals surface area contributed by atoms with E-state index in [1.807, 2.05) is 20.8 Å². The van der Waals surface area contributed by atoms with Crippen LogP contribution in [0.3, 0.4) is 0 Å². The Morgan fingerprint density at radius 2 is 1.76 bits per heavy atom. The van der Waals surface area contributed by atoms with Crippen LogP contribution >= 0.6 is 0 Å². The van der Waals surface area contributed by atoms with E-state index >= 15 is 0 Å². The van der Waals surface area contributed by atoms with Crippen molar-refractivity contribution in [1.29, 1.82) is 0 Å². The van der Waals surface area contributed by atoms with E-state index in [-0.39, 0.29) is 10.0 Å². The molecule has 5 heteroatoms. The molecule has 1 rings (SSSR count). The Morgan fingerprint density at radius 1 is 1.24 bits per heavy atom. The average Bonchev–Trinajstić information content (AvgIpc) is 2.26. The Morgan fingerprint density at radius 3 is 2.18 bits per heavy atom.